The van der Waals surface area contributed by atoms with Gasteiger partial charge in [0.25, 0.3) is 0 Å². The van der Waals surface area contributed by atoms with E-state index in [1.54, 1.807) is 0 Å². The van der Waals surface area contributed by atoms with Crippen LogP contribution in [0.3, 0.4) is 0 Å². The van der Waals surface area contributed by atoms with Crippen molar-refractivity contribution in [3.63, 3.8) is 0 Å². The van der Waals surface area contributed by atoms with E-state index in [0.29, 0.717) is 24.9 Å². The summed E-state index contributed by atoms with van der Waals surface area (Å²) in [5, 5.41) is 9.49. The highest BCUT2D eigenvalue weighted by molar-refractivity contribution is 7.88. The predicted octanol–water partition coefficient (Wildman–Crippen LogP) is 1.11. The maximum absolute atomic E-state index is 12.7. The predicted molar refractivity (Wildman–Crippen MR) is 65.8 cm³/mol. The van der Waals surface area contributed by atoms with Crippen molar-refractivity contribution in [2.75, 3.05) is 13.1 Å². The van der Waals surface area contributed by atoms with E-state index in [0.717, 1.165) is 0 Å². The van der Waals surface area contributed by atoms with Crippen LogP contribution in [0.15, 0.2) is 24.3 Å². The van der Waals surface area contributed by atoms with Gasteiger partial charge in [-0.05, 0) is 30.5 Å². The molecule has 1 fully saturated rings. The normalized spacial score (nSPS) is 22.0. The number of hydrogen-bond donors (Lipinski definition) is 1. The Labute approximate surface area is 106 Å². The summed E-state index contributed by atoms with van der Waals surface area (Å²) in [6.45, 7) is 0.601. The number of halogens is 1. The summed E-state index contributed by atoms with van der Waals surface area (Å²) in [5.74, 6) is -0.537. The van der Waals surface area contributed by atoms with Gasteiger partial charge in [0.05, 0.1) is 11.9 Å². The van der Waals surface area contributed by atoms with E-state index in [-0.39, 0.29) is 18.1 Å². The molecule has 1 atom stereocenters. The lowest BCUT2D eigenvalue weighted by Gasteiger charge is -2.29. The molecule has 1 aromatic carbocycles. The van der Waals surface area contributed by atoms with Crippen molar-refractivity contribution in [3.8, 4) is 0 Å². The molecule has 1 aliphatic heterocycles. The summed E-state index contributed by atoms with van der Waals surface area (Å²) in [6, 6.07) is 5.42. The molecule has 1 heterocycles. The zero-order valence-electron chi connectivity index (χ0n) is 9.92. The zero-order valence-corrected chi connectivity index (χ0v) is 10.7. The molecule has 1 unspecified atom stereocenters. The van der Waals surface area contributed by atoms with Crippen LogP contribution < -0.4 is 0 Å². The fourth-order valence-electron chi connectivity index (χ4n) is 2.06. The Morgan fingerprint density at radius 3 is 2.61 bits per heavy atom. The van der Waals surface area contributed by atoms with Crippen molar-refractivity contribution in [1.82, 2.24) is 4.31 Å². The molecule has 4 nitrogen and oxygen atoms in total. The maximum atomic E-state index is 12.7. The molecule has 0 aromatic heterocycles. The van der Waals surface area contributed by atoms with Crippen LogP contribution in [0.2, 0.25) is 0 Å². The average Bonchev–Trinajstić information content (AvgIpc) is 2.32. The second kappa shape index (κ2) is 5.34. The van der Waals surface area contributed by atoms with Gasteiger partial charge in [0.1, 0.15) is 5.82 Å². The second-order valence-electron chi connectivity index (χ2n) is 4.54. The Bertz CT molecular complexity index is 501. The van der Waals surface area contributed by atoms with E-state index >= 15 is 0 Å². The number of piperidine rings is 1. The standard InChI is InChI=1S/C12H16FNO3S/c13-11-5-3-10(4-6-11)9-18(16,17)14-7-1-2-12(15)8-14/h3-6,12,15H,1-2,7-9H2. The Hall–Kier alpha value is -0.980. The minimum Gasteiger partial charge on any atom is -0.392 e. The van der Waals surface area contributed by atoms with Gasteiger partial charge in [-0.2, -0.15) is 4.31 Å². The number of benzene rings is 1. The first kappa shape index (κ1) is 13.5. The zero-order chi connectivity index (χ0) is 13.2. The van der Waals surface area contributed by atoms with Crippen molar-refractivity contribution in [2.45, 2.75) is 24.7 Å². The third-order valence-electron chi connectivity index (χ3n) is 3.01. The molecular formula is C12H16FNO3S. The van der Waals surface area contributed by atoms with Crippen molar-refractivity contribution in [2.24, 2.45) is 0 Å². The van der Waals surface area contributed by atoms with Crippen LogP contribution in [0.5, 0.6) is 0 Å². The molecule has 0 spiro atoms. The van der Waals surface area contributed by atoms with Gasteiger partial charge in [-0.3, -0.25) is 0 Å². The largest absolute Gasteiger partial charge is 0.392 e. The monoisotopic (exact) mass is 273 g/mol. The van der Waals surface area contributed by atoms with E-state index in [1.807, 2.05) is 0 Å². The first-order chi connectivity index (χ1) is 8.47. The molecule has 0 amide bonds. The van der Waals surface area contributed by atoms with Crippen LogP contribution in [0.1, 0.15) is 18.4 Å². The van der Waals surface area contributed by atoms with Gasteiger partial charge < -0.3 is 5.11 Å². The van der Waals surface area contributed by atoms with Gasteiger partial charge in [-0.15, -0.1) is 0 Å². The highest BCUT2D eigenvalue weighted by Gasteiger charge is 2.27. The molecule has 1 aromatic rings. The lowest BCUT2D eigenvalue weighted by atomic mass is 10.1. The van der Waals surface area contributed by atoms with Crippen LogP contribution in [0, 0.1) is 5.82 Å². The SMILES string of the molecule is O=S(=O)(Cc1ccc(F)cc1)N1CCCC(O)C1. The second-order valence-corrected chi connectivity index (χ2v) is 6.51. The summed E-state index contributed by atoms with van der Waals surface area (Å²) in [5.41, 5.74) is 0.552. The number of nitrogens with zero attached hydrogens (tertiary/aromatic N) is 1. The third-order valence-corrected chi connectivity index (χ3v) is 4.83. The van der Waals surface area contributed by atoms with Gasteiger partial charge in [0, 0.05) is 13.1 Å². The lowest BCUT2D eigenvalue weighted by Crippen LogP contribution is -2.42. The van der Waals surface area contributed by atoms with E-state index < -0.39 is 16.1 Å². The molecule has 2 rings (SSSR count). The van der Waals surface area contributed by atoms with Crippen LogP contribution >= 0.6 is 0 Å². The van der Waals surface area contributed by atoms with E-state index in [1.165, 1.54) is 28.6 Å². The van der Waals surface area contributed by atoms with Gasteiger partial charge in [-0.1, -0.05) is 12.1 Å². The molecule has 6 heteroatoms. The molecule has 1 aliphatic rings. The first-order valence-corrected chi connectivity index (χ1v) is 7.48. The topological polar surface area (TPSA) is 57.6 Å². The molecular weight excluding hydrogens is 257 g/mol. The summed E-state index contributed by atoms with van der Waals surface area (Å²) < 4.78 is 38.3. The van der Waals surface area contributed by atoms with E-state index in [4.69, 9.17) is 0 Å². The van der Waals surface area contributed by atoms with E-state index in [9.17, 15) is 17.9 Å². The lowest BCUT2D eigenvalue weighted by molar-refractivity contribution is 0.108. The van der Waals surface area contributed by atoms with Crippen LogP contribution in [-0.4, -0.2) is 37.0 Å². The highest BCUT2D eigenvalue weighted by atomic mass is 32.2. The summed E-state index contributed by atoms with van der Waals surface area (Å²) in [7, 11) is -3.43. The Kier molecular flexibility index (Phi) is 3.99. The van der Waals surface area contributed by atoms with Gasteiger partial charge in [0.15, 0.2) is 0 Å². The number of β-amino-alcohol motifs (C(OH)–C–C–N with tert-alkyl or cyclic N) is 1. The van der Waals surface area contributed by atoms with Crippen molar-refractivity contribution >= 4 is 10.0 Å². The fourth-order valence-corrected chi connectivity index (χ4v) is 3.66. The molecule has 1 N–H and O–H groups in total. The summed E-state index contributed by atoms with van der Waals surface area (Å²) in [6.07, 6.45) is 0.730. The number of hydrogen-bond acceptors (Lipinski definition) is 3. The summed E-state index contributed by atoms with van der Waals surface area (Å²) in [4.78, 5) is 0. The van der Waals surface area contributed by atoms with Crippen LogP contribution in [0.4, 0.5) is 4.39 Å². The van der Waals surface area contributed by atoms with E-state index in [2.05, 4.69) is 0 Å². The fraction of sp³-hybridized carbons (Fsp3) is 0.500. The molecule has 0 aliphatic carbocycles. The van der Waals surface area contributed by atoms with Crippen LogP contribution in [0.25, 0.3) is 0 Å². The Morgan fingerprint density at radius 1 is 1.33 bits per heavy atom. The minimum absolute atomic E-state index is 0.153. The molecule has 1 saturated heterocycles. The smallest absolute Gasteiger partial charge is 0.218 e. The summed E-state index contributed by atoms with van der Waals surface area (Å²) >= 11 is 0. The van der Waals surface area contributed by atoms with Crippen molar-refractivity contribution in [1.29, 1.82) is 0 Å². The third kappa shape index (κ3) is 3.28. The molecule has 0 bridgehead atoms. The number of aliphatic hydroxyl groups is 1. The quantitative estimate of drug-likeness (QED) is 0.897. The Morgan fingerprint density at radius 2 is 2.00 bits per heavy atom. The number of rotatable bonds is 3. The van der Waals surface area contributed by atoms with Crippen molar-refractivity contribution in [3.05, 3.63) is 35.6 Å². The highest BCUT2D eigenvalue weighted by Crippen LogP contribution is 2.17. The molecule has 100 valence electrons. The molecule has 0 radical (unpaired) electrons. The molecule has 0 saturated carbocycles. The number of sulfonamides is 1. The van der Waals surface area contributed by atoms with Crippen molar-refractivity contribution < 1.29 is 17.9 Å². The Balaban J connectivity index is 2.09. The van der Waals surface area contributed by atoms with Gasteiger partial charge >= 0.3 is 0 Å². The first-order valence-electron chi connectivity index (χ1n) is 5.88. The molecule has 18 heavy (non-hydrogen) atoms. The number of aliphatic hydroxyl groups excluding tert-OH is 1. The average molecular weight is 273 g/mol. The van der Waals surface area contributed by atoms with Crippen LogP contribution in [-0.2, 0) is 15.8 Å². The van der Waals surface area contributed by atoms with Gasteiger partial charge in [0.2, 0.25) is 10.0 Å². The maximum Gasteiger partial charge on any atom is 0.218 e. The minimum atomic E-state index is -3.43. The van der Waals surface area contributed by atoms with Gasteiger partial charge in [-0.25, -0.2) is 12.8 Å².